The molecular weight excluding hydrogens is 426 g/mol. The van der Waals surface area contributed by atoms with Crippen LogP contribution in [0.1, 0.15) is 28.2 Å². The first-order valence-corrected chi connectivity index (χ1v) is 10.7. The Bertz CT molecular complexity index is 1040. The van der Waals surface area contributed by atoms with E-state index in [1.807, 2.05) is 4.90 Å². The number of hydrogen-bond acceptors (Lipinski definition) is 7. The van der Waals surface area contributed by atoms with Crippen LogP contribution in [0.25, 0.3) is 0 Å². The minimum absolute atomic E-state index is 0.000554. The molecule has 2 aliphatic heterocycles. The molecule has 0 N–H and O–H groups in total. The van der Waals surface area contributed by atoms with Gasteiger partial charge in [-0.05, 0) is 49.0 Å². The number of nitro benzene ring substituents is 1. The first-order chi connectivity index (χ1) is 14.4. The number of benzene rings is 2. The van der Waals surface area contributed by atoms with Crippen molar-refractivity contribution >= 4 is 52.3 Å². The third-order valence-corrected chi connectivity index (χ3v) is 6.64. The van der Waals surface area contributed by atoms with Crippen molar-refractivity contribution in [3.05, 3.63) is 69.8 Å². The molecule has 8 nitrogen and oxygen atoms in total. The number of nitro groups is 1. The molecule has 2 aromatic carbocycles. The van der Waals surface area contributed by atoms with E-state index in [-0.39, 0.29) is 23.6 Å². The molecule has 2 aliphatic rings. The number of fused-ring (bicyclic) bond motifs is 1. The highest BCUT2D eigenvalue weighted by Gasteiger charge is 2.51. The zero-order chi connectivity index (χ0) is 21.4. The summed E-state index contributed by atoms with van der Waals surface area (Å²) in [5.74, 6) is -0.0459. The number of anilines is 1. The van der Waals surface area contributed by atoms with Crippen LogP contribution in [0.4, 0.5) is 11.4 Å². The van der Waals surface area contributed by atoms with Gasteiger partial charge < -0.3 is 9.64 Å². The van der Waals surface area contributed by atoms with E-state index < -0.39 is 16.9 Å². The molecule has 0 radical (unpaired) electrons. The van der Waals surface area contributed by atoms with Crippen LogP contribution in [0.15, 0.2) is 48.5 Å². The average molecular weight is 444 g/mol. The van der Waals surface area contributed by atoms with E-state index in [1.54, 1.807) is 43.3 Å². The van der Waals surface area contributed by atoms with Gasteiger partial charge in [-0.2, -0.15) is 0 Å². The molecule has 30 heavy (non-hydrogen) atoms. The monoisotopic (exact) mass is 443 g/mol. The molecule has 1 unspecified atom stereocenters. The Kier molecular flexibility index (Phi) is 5.44. The summed E-state index contributed by atoms with van der Waals surface area (Å²) in [6.45, 7) is 2.01. The lowest BCUT2D eigenvalue weighted by atomic mass is 10.1. The second-order valence-electron chi connectivity index (χ2n) is 6.68. The lowest BCUT2D eigenvalue weighted by Crippen LogP contribution is -2.33. The van der Waals surface area contributed by atoms with E-state index in [2.05, 4.69) is 0 Å². The lowest BCUT2D eigenvalue weighted by Gasteiger charge is -2.25. The fraction of sp³-hybridized carbons (Fsp3) is 0.250. The van der Waals surface area contributed by atoms with Crippen LogP contribution < -0.4 is 4.90 Å². The topological polar surface area (TPSA) is 93.0 Å². The summed E-state index contributed by atoms with van der Waals surface area (Å²) in [5, 5.41) is 11.2. The van der Waals surface area contributed by atoms with E-state index in [1.165, 1.54) is 28.8 Å². The maximum Gasteiger partial charge on any atom is 0.338 e. The van der Waals surface area contributed by atoms with Crippen LogP contribution in [0.5, 0.6) is 0 Å². The molecular formula is C20H17N3O5S2. The highest BCUT2D eigenvalue weighted by molar-refractivity contribution is 7.99. The van der Waals surface area contributed by atoms with Gasteiger partial charge in [-0.15, -0.1) is 11.8 Å². The van der Waals surface area contributed by atoms with E-state index >= 15 is 0 Å². The van der Waals surface area contributed by atoms with E-state index in [0.717, 1.165) is 5.56 Å². The summed E-state index contributed by atoms with van der Waals surface area (Å²) in [5.41, 5.74) is 1.68. The van der Waals surface area contributed by atoms with Crippen LogP contribution in [0, 0.1) is 10.1 Å². The van der Waals surface area contributed by atoms with Crippen molar-refractivity contribution in [1.29, 1.82) is 0 Å². The SMILES string of the molecule is CCOC(=O)c1ccc(N2C(=O)[C@@H]3CSC(c4cccc([N+](=O)[O-])c4)N3C2=S)cc1. The van der Waals surface area contributed by atoms with Gasteiger partial charge in [-0.3, -0.25) is 19.8 Å². The smallest absolute Gasteiger partial charge is 0.338 e. The molecule has 0 bridgehead atoms. The fourth-order valence-electron chi connectivity index (χ4n) is 3.54. The number of rotatable bonds is 5. The van der Waals surface area contributed by atoms with Crippen molar-refractivity contribution in [3.8, 4) is 0 Å². The minimum Gasteiger partial charge on any atom is -0.462 e. The number of esters is 1. The zero-order valence-corrected chi connectivity index (χ0v) is 17.5. The molecule has 0 spiro atoms. The molecule has 2 aromatic rings. The Labute approximate surface area is 181 Å². The zero-order valence-electron chi connectivity index (χ0n) is 15.9. The third kappa shape index (κ3) is 3.41. The van der Waals surface area contributed by atoms with Crippen LogP contribution >= 0.6 is 24.0 Å². The predicted molar refractivity (Wildman–Crippen MR) is 116 cm³/mol. The van der Waals surface area contributed by atoms with E-state index in [4.69, 9.17) is 17.0 Å². The quantitative estimate of drug-likeness (QED) is 0.300. The molecule has 2 saturated heterocycles. The Morgan fingerprint density at radius 3 is 2.70 bits per heavy atom. The Morgan fingerprint density at radius 1 is 1.30 bits per heavy atom. The predicted octanol–water partition coefficient (Wildman–Crippen LogP) is 3.52. The van der Waals surface area contributed by atoms with Gasteiger partial charge in [0, 0.05) is 17.9 Å². The van der Waals surface area contributed by atoms with Gasteiger partial charge in [-0.1, -0.05) is 12.1 Å². The molecule has 154 valence electrons. The van der Waals surface area contributed by atoms with Gasteiger partial charge in [0.05, 0.1) is 22.8 Å². The standard InChI is InChI=1S/C20H17N3O5S2/c1-2-28-19(25)12-6-8-14(9-7-12)21-17(24)16-11-30-18(22(16)20(21)29)13-4-3-5-15(10-13)23(26)27/h3-10,16,18H,2,11H2,1H3/t16-,18?/m0/s1. The van der Waals surface area contributed by atoms with Crippen molar-refractivity contribution in [2.24, 2.45) is 0 Å². The highest BCUT2D eigenvalue weighted by Crippen LogP contribution is 2.46. The molecule has 4 rings (SSSR count). The molecule has 10 heteroatoms. The number of carbonyl (C=O) groups is 2. The largest absolute Gasteiger partial charge is 0.462 e. The molecule has 1 amide bonds. The second kappa shape index (κ2) is 8.04. The Morgan fingerprint density at radius 2 is 2.03 bits per heavy atom. The van der Waals surface area contributed by atoms with Crippen LogP contribution in [0.3, 0.4) is 0 Å². The van der Waals surface area contributed by atoms with Gasteiger partial charge in [0.2, 0.25) is 0 Å². The Balaban J connectivity index is 1.60. The molecule has 0 aliphatic carbocycles. The minimum atomic E-state index is -0.439. The van der Waals surface area contributed by atoms with Crippen LogP contribution in [-0.2, 0) is 9.53 Å². The van der Waals surface area contributed by atoms with Crippen LogP contribution in [-0.4, -0.2) is 45.2 Å². The number of non-ortho nitro benzene ring substituents is 1. The summed E-state index contributed by atoms with van der Waals surface area (Å²) in [4.78, 5) is 38.9. The average Bonchev–Trinajstić information content (AvgIpc) is 3.29. The number of thioether (sulfide) groups is 1. The Hall–Kier alpha value is -2.98. The molecule has 2 atom stereocenters. The number of ether oxygens (including phenoxy) is 1. The molecule has 0 saturated carbocycles. The summed E-state index contributed by atoms with van der Waals surface area (Å²) >= 11 is 7.15. The number of amides is 1. The molecule has 2 heterocycles. The van der Waals surface area contributed by atoms with Gasteiger partial charge in [0.25, 0.3) is 11.6 Å². The summed E-state index contributed by atoms with van der Waals surface area (Å²) < 4.78 is 4.98. The van der Waals surface area contributed by atoms with Gasteiger partial charge in [0.15, 0.2) is 5.11 Å². The lowest BCUT2D eigenvalue weighted by molar-refractivity contribution is -0.384. The number of thiocarbonyl (C=S) groups is 1. The maximum atomic E-state index is 13.1. The highest BCUT2D eigenvalue weighted by atomic mass is 32.2. The van der Waals surface area contributed by atoms with E-state index in [9.17, 15) is 19.7 Å². The third-order valence-electron chi connectivity index (χ3n) is 4.92. The molecule has 0 aromatic heterocycles. The second-order valence-corrected chi connectivity index (χ2v) is 8.16. The normalized spacial score (nSPS) is 20.4. The number of hydrogen-bond donors (Lipinski definition) is 0. The van der Waals surface area contributed by atoms with Crippen molar-refractivity contribution in [1.82, 2.24) is 4.90 Å². The van der Waals surface area contributed by atoms with Crippen LogP contribution in [0.2, 0.25) is 0 Å². The number of carbonyl (C=O) groups excluding carboxylic acids is 2. The summed E-state index contributed by atoms with van der Waals surface area (Å²) in [7, 11) is 0. The number of nitrogens with zero attached hydrogens (tertiary/aromatic N) is 3. The van der Waals surface area contributed by atoms with Crippen molar-refractivity contribution in [2.75, 3.05) is 17.3 Å². The summed E-state index contributed by atoms with van der Waals surface area (Å²) in [6.07, 6.45) is 0. The first kappa shape index (κ1) is 20.3. The molecule has 2 fully saturated rings. The maximum absolute atomic E-state index is 13.1. The van der Waals surface area contributed by atoms with Gasteiger partial charge >= 0.3 is 5.97 Å². The summed E-state index contributed by atoms with van der Waals surface area (Å²) in [6, 6.07) is 12.5. The fourth-order valence-corrected chi connectivity index (χ4v) is 5.45. The van der Waals surface area contributed by atoms with Crippen molar-refractivity contribution < 1.29 is 19.2 Å². The van der Waals surface area contributed by atoms with Crippen molar-refractivity contribution in [3.63, 3.8) is 0 Å². The van der Waals surface area contributed by atoms with Gasteiger partial charge in [0.1, 0.15) is 11.4 Å². The van der Waals surface area contributed by atoms with Gasteiger partial charge in [-0.25, -0.2) is 4.79 Å². The first-order valence-electron chi connectivity index (χ1n) is 9.21. The van der Waals surface area contributed by atoms with Crippen molar-refractivity contribution in [2.45, 2.75) is 18.3 Å². The van der Waals surface area contributed by atoms with E-state index in [0.29, 0.717) is 22.1 Å².